The third-order valence-corrected chi connectivity index (χ3v) is 3.07. The summed E-state index contributed by atoms with van der Waals surface area (Å²) in [5.74, 6) is -1.10. The van der Waals surface area contributed by atoms with Gasteiger partial charge in [-0.05, 0) is 18.2 Å². The summed E-state index contributed by atoms with van der Waals surface area (Å²) in [5.41, 5.74) is 0. The van der Waals surface area contributed by atoms with Crippen LogP contribution in [0.2, 0.25) is 0 Å². The number of hydrogen-bond acceptors (Lipinski definition) is 4. The Hall–Kier alpha value is -2.57. The molecular weight excluding hydrogens is 274 g/mol. The molecule has 2 aromatic heterocycles. The number of carboxylic acid groups (broad SMARTS) is 1. The molecule has 1 N–H and O–H groups in total. The lowest BCUT2D eigenvalue weighted by atomic mass is 10.2. The molecule has 0 bridgehead atoms. The second-order valence-electron chi connectivity index (χ2n) is 4.89. The first-order valence-electron chi connectivity index (χ1n) is 6.51. The minimum Gasteiger partial charge on any atom is -0.481 e. The zero-order valence-electron chi connectivity index (χ0n) is 11.9. The van der Waals surface area contributed by atoms with Crippen LogP contribution in [0.3, 0.4) is 0 Å². The molecule has 21 heavy (non-hydrogen) atoms. The Labute approximate surface area is 121 Å². The highest BCUT2D eigenvalue weighted by Crippen LogP contribution is 2.12. The summed E-state index contributed by atoms with van der Waals surface area (Å²) in [6, 6.07) is 5.10. The SMILES string of the molecule is CC(CN(C)C(=O)c1ccc(Cn2cccn2)o1)C(=O)O. The molecule has 0 radical (unpaired) electrons. The molecule has 0 aromatic carbocycles. The molecule has 2 heterocycles. The number of nitrogens with zero attached hydrogens (tertiary/aromatic N) is 3. The fourth-order valence-corrected chi connectivity index (χ4v) is 1.89. The summed E-state index contributed by atoms with van der Waals surface area (Å²) in [6.45, 7) is 2.12. The van der Waals surface area contributed by atoms with Crippen molar-refractivity contribution in [2.24, 2.45) is 5.92 Å². The van der Waals surface area contributed by atoms with E-state index in [4.69, 9.17) is 9.52 Å². The van der Waals surface area contributed by atoms with Crippen LogP contribution >= 0.6 is 0 Å². The van der Waals surface area contributed by atoms with E-state index in [0.29, 0.717) is 12.3 Å². The van der Waals surface area contributed by atoms with Gasteiger partial charge in [0.1, 0.15) is 5.76 Å². The lowest BCUT2D eigenvalue weighted by Gasteiger charge is -2.18. The van der Waals surface area contributed by atoms with Gasteiger partial charge in [0.05, 0.1) is 12.5 Å². The van der Waals surface area contributed by atoms with Gasteiger partial charge < -0.3 is 14.4 Å². The van der Waals surface area contributed by atoms with Gasteiger partial charge in [-0.3, -0.25) is 14.3 Å². The van der Waals surface area contributed by atoms with Gasteiger partial charge in [-0.15, -0.1) is 0 Å². The molecular formula is C14H17N3O4. The van der Waals surface area contributed by atoms with Crippen LogP contribution in [-0.4, -0.2) is 45.3 Å². The van der Waals surface area contributed by atoms with Crippen molar-refractivity contribution in [3.05, 3.63) is 42.1 Å². The van der Waals surface area contributed by atoms with Crippen LogP contribution in [0.5, 0.6) is 0 Å². The fourth-order valence-electron chi connectivity index (χ4n) is 1.89. The highest BCUT2D eigenvalue weighted by Gasteiger charge is 2.20. The van der Waals surface area contributed by atoms with Crippen LogP contribution in [0.25, 0.3) is 0 Å². The van der Waals surface area contributed by atoms with Gasteiger partial charge in [0.2, 0.25) is 0 Å². The van der Waals surface area contributed by atoms with Crippen LogP contribution in [0, 0.1) is 5.92 Å². The monoisotopic (exact) mass is 291 g/mol. The molecule has 1 unspecified atom stereocenters. The Bertz CT molecular complexity index is 618. The summed E-state index contributed by atoms with van der Waals surface area (Å²) in [5, 5.41) is 12.9. The average molecular weight is 291 g/mol. The number of aliphatic carboxylic acids is 1. The van der Waals surface area contributed by atoms with Gasteiger partial charge in [-0.1, -0.05) is 6.92 Å². The van der Waals surface area contributed by atoms with Crippen molar-refractivity contribution in [1.29, 1.82) is 0 Å². The van der Waals surface area contributed by atoms with E-state index in [1.807, 2.05) is 0 Å². The van der Waals surface area contributed by atoms with Crippen molar-refractivity contribution in [3.63, 3.8) is 0 Å². The number of carboxylic acids is 1. The number of furan rings is 1. The number of carbonyl (C=O) groups excluding carboxylic acids is 1. The predicted octanol–water partition coefficient (Wildman–Crippen LogP) is 1.32. The minimum absolute atomic E-state index is 0.128. The van der Waals surface area contributed by atoms with Gasteiger partial charge in [0.25, 0.3) is 5.91 Å². The van der Waals surface area contributed by atoms with E-state index in [1.54, 1.807) is 49.2 Å². The van der Waals surface area contributed by atoms with E-state index >= 15 is 0 Å². The zero-order chi connectivity index (χ0) is 15.4. The van der Waals surface area contributed by atoms with Gasteiger partial charge in [-0.25, -0.2) is 0 Å². The number of aromatic nitrogens is 2. The minimum atomic E-state index is -0.937. The summed E-state index contributed by atoms with van der Waals surface area (Å²) in [4.78, 5) is 24.3. The second-order valence-corrected chi connectivity index (χ2v) is 4.89. The second kappa shape index (κ2) is 6.25. The van der Waals surface area contributed by atoms with E-state index in [1.165, 1.54) is 4.90 Å². The van der Waals surface area contributed by atoms with Crippen LogP contribution in [0.15, 0.2) is 35.0 Å². The molecule has 7 nitrogen and oxygen atoms in total. The van der Waals surface area contributed by atoms with Crippen molar-refractivity contribution in [1.82, 2.24) is 14.7 Å². The maximum absolute atomic E-state index is 12.1. The smallest absolute Gasteiger partial charge is 0.308 e. The first kappa shape index (κ1) is 14.8. The fraction of sp³-hybridized carbons (Fsp3) is 0.357. The van der Waals surface area contributed by atoms with Crippen LogP contribution < -0.4 is 0 Å². The Morgan fingerprint density at radius 3 is 2.86 bits per heavy atom. The Morgan fingerprint density at radius 2 is 2.24 bits per heavy atom. The van der Waals surface area contributed by atoms with Gasteiger partial charge in [-0.2, -0.15) is 5.10 Å². The number of amides is 1. The molecule has 1 atom stereocenters. The average Bonchev–Trinajstić information content (AvgIpc) is 3.09. The van der Waals surface area contributed by atoms with E-state index in [2.05, 4.69) is 5.10 Å². The molecule has 0 saturated heterocycles. The molecule has 112 valence electrons. The summed E-state index contributed by atoms with van der Waals surface area (Å²) < 4.78 is 7.17. The molecule has 7 heteroatoms. The summed E-state index contributed by atoms with van der Waals surface area (Å²) >= 11 is 0. The first-order valence-corrected chi connectivity index (χ1v) is 6.51. The highest BCUT2D eigenvalue weighted by molar-refractivity contribution is 5.91. The molecule has 0 aliphatic rings. The molecule has 0 aliphatic carbocycles. The van der Waals surface area contributed by atoms with Crippen molar-refractivity contribution in [3.8, 4) is 0 Å². The largest absolute Gasteiger partial charge is 0.481 e. The molecule has 1 amide bonds. The Morgan fingerprint density at radius 1 is 1.48 bits per heavy atom. The highest BCUT2D eigenvalue weighted by atomic mass is 16.4. The Kier molecular flexibility index (Phi) is 4.42. The summed E-state index contributed by atoms with van der Waals surface area (Å²) in [6.07, 6.45) is 3.46. The van der Waals surface area contributed by atoms with Crippen LogP contribution in [0.4, 0.5) is 0 Å². The number of rotatable bonds is 6. The molecule has 0 saturated carbocycles. The zero-order valence-corrected chi connectivity index (χ0v) is 11.9. The van der Waals surface area contributed by atoms with Gasteiger partial charge >= 0.3 is 5.97 Å². The van der Waals surface area contributed by atoms with E-state index in [0.717, 1.165) is 0 Å². The molecule has 2 rings (SSSR count). The third-order valence-electron chi connectivity index (χ3n) is 3.07. The van der Waals surface area contributed by atoms with Crippen LogP contribution in [-0.2, 0) is 11.3 Å². The summed E-state index contributed by atoms with van der Waals surface area (Å²) in [7, 11) is 1.55. The third kappa shape index (κ3) is 3.71. The normalized spacial score (nSPS) is 12.1. The van der Waals surface area contributed by atoms with E-state index < -0.39 is 11.9 Å². The predicted molar refractivity (Wildman–Crippen MR) is 73.8 cm³/mol. The molecule has 0 aliphatic heterocycles. The molecule has 0 fully saturated rings. The maximum atomic E-state index is 12.1. The van der Waals surface area contributed by atoms with E-state index in [9.17, 15) is 9.59 Å². The van der Waals surface area contributed by atoms with Gasteiger partial charge in [0, 0.05) is 26.0 Å². The lowest BCUT2D eigenvalue weighted by Crippen LogP contribution is -2.33. The molecule has 0 spiro atoms. The Balaban J connectivity index is 1.99. The van der Waals surface area contributed by atoms with E-state index in [-0.39, 0.29) is 18.2 Å². The topological polar surface area (TPSA) is 88.6 Å². The van der Waals surface area contributed by atoms with Crippen molar-refractivity contribution < 1.29 is 19.1 Å². The van der Waals surface area contributed by atoms with Crippen LogP contribution in [0.1, 0.15) is 23.2 Å². The lowest BCUT2D eigenvalue weighted by molar-refractivity contribution is -0.141. The standard InChI is InChI=1S/C14H17N3O4/c1-10(14(19)20)8-16(2)13(18)12-5-4-11(21-12)9-17-7-3-6-15-17/h3-7,10H,8-9H2,1-2H3,(H,19,20). The van der Waals surface area contributed by atoms with Gasteiger partial charge in [0.15, 0.2) is 5.76 Å². The van der Waals surface area contributed by atoms with Crippen molar-refractivity contribution >= 4 is 11.9 Å². The number of hydrogen-bond donors (Lipinski definition) is 1. The van der Waals surface area contributed by atoms with Crippen molar-refractivity contribution in [2.45, 2.75) is 13.5 Å². The maximum Gasteiger partial charge on any atom is 0.308 e. The number of carbonyl (C=O) groups is 2. The van der Waals surface area contributed by atoms with Crippen molar-refractivity contribution in [2.75, 3.05) is 13.6 Å². The molecule has 2 aromatic rings. The quantitative estimate of drug-likeness (QED) is 0.867. The first-order chi connectivity index (χ1) is 9.97.